The highest BCUT2D eigenvalue weighted by Crippen LogP contribution is 2.44. The van der Waals surface area contributed by atoms with Gasteiger partial charge in [0.2, 0.25) is 5.78 Å². The number of carbonyl (C=O) groups is 2. The SMILES string of the molecule is COc1ccc(N2C(=O)C(O)=C(C(=O)c3cc4cccc(OC)c4o3)C2c2ccc(F)cc2)cc1Cl. The molecule has 0 saturated carbocycles. The van der Waals surface area contributed by atoms with E-state index in [0.717, 1.165) is 0 Å². The van der Waals surface area contributed by atoms with Crippen molar-refractivity contribution in [3.05, 3.63) is 100 Å². The van der Waals surface area contributed by atoms with Crippen LogP contribution < -0.4 is 14.4 Å². The average Bonchev–Trinajstić information content (AvgIpc) is 3.43. The molecule has 1 unspecified atom stereocenters. The monoisotopic (exact) mass is 507 g/mol. The van der Waals surface area contributed by atoms with Gasteiger partial charge in [-0.25, -0.2) is 4.39 Å². The van der Waals surface area contributed by atoms with Gasteiger partial charge in [0, 0.05) is 11.1 Å². The second kappa shape index (κ2) is 9.05. The molecule has 1 aliphatic rings. The molecule has 1 aromatic heterocycles. The third-order valence-corrected chi connectivity index (χ3v) is 6.30. The summed E-state index contributed by atoms with van der Waals surface area (Å²) in [5, 5.41) is 11.8. The maximum absolute atomic E-state index is 13.7. The van der Waals surface area contributed by atoms with Crippen molar-refractivity contribution in [3.8, 4) is 11.5 Å². The van der Waals surface area contributed by atoms with Gasteiger partial charge in [0.25, 0.3) is 5.91 Å². The highest BCUT2D eigenvalue weighted by atomic mass is 35.5. The first-order chi connectivity index (χ1) is 17.3. The van der Waals surface area contributed by atoms with Crippen molar-refractivity contribution in [2.45, 2.75) is 6.04 Å². The highest BCUT2D eigenvalue weighted by molar-refractivity contribution is 6.32. The van der Waals surface area contributed by atoms with Gasteiger partial charge < -0.3 is 19.0 Å². The molecule has 182 valence electrons. The maximum atomic E-state index is 13.7. The minimum absolute atomic E-state index is 0.0921. The topological polar surface area (TPSA) is 89.2 Å². The Bertz CT molecular complexity index is 1540. The third kappa shape index (κ3) is 3.76. The number of rotatable bonds is 6. The minimum atomic E-state index is -1.08. The lowest BCUT2D eigenvalue weighted by atomic mass is 9.94. The number of halogens is 2. The van der Waals surface area contributed by atoms with Crippen molar-refractivity contribution in [1.82, 2.24) is 0 Å². The number of ketones is 1. The molecule has 1 amide bonds. The number of fused-ring (bicyclic) bond motifs is 1. The lowest BCUT2D eigenvalue weighted by Crippen LogP contribution is -2.31. The Kier molecular flexibility index (Phi) is 5.89. The van der Waals surface area contributed by atoms with Gasteiger partial charge in [0.05, 0.1) is 30.9 Å². The van der Waals surface area contributed by atoms with Crippen LogP contribution in [0.5, 0.6) is 11.5 Å². The van der Waals surface area contributed by atoms with Crippen molar-refractivity contribution >= 4 is 39.9 Å². The Morgan fingerprint density at radius 3 is 2.42 bits per heavy atom. The van der Waals surface area contributed by atoms with E-state index >= 15 is 0 Å². The summed E-state index contributed by atoms with van der Waals surface area (Å²) < 4.78 is 30.0. The van der Waals surface area contributed by atoms with Crippen LogP contribution in [-0.2, 0) is 4.79 Å². The van der Waals surface area contributed by atoms with Crippen molar-refractivity contribution in [3.63, 3.8) is 0 Å². The molecule has 0 saturated heterocycles. The van der Waals surface area contributed by atoms with E-state index in [-0.39, 0.29) is 16.4 Å². The molecule has 9 heteroatoms. The number of para-hydroxylation sites is 1. The van der Waals surface area contributed by atoms with Crippen molar-refractivity contribution in [2.24, 2.45) is 0 Å². The first kappa shape index (κ1) is 23.4. The standard InChI is InChI=1S/C27H19ClFNO6/c1-34-19-11-10-17(13-18(19)28)30-23(14-6-8-16(29)9-7-14)22(25(32)27(30)33)24(31)21-12-15-4-3-5-20(35-2)26(15)36-21/h3-13,23,32H,1-2H3. The van der Waals surface area contributed by atoms with Crippen molar-refractivity contribution in [2.75, 3.05) is 19.1 Å². The summed E-state index contributed by atoms with van der Waals surface area (Å²) in [6, 6.07) is 15.6. The van der Waals surface area contributed by atoms with Gasteiger partial charge in [0.1, 0.15) is 11.6 Å². The van der Waals surface area contributed by atoms with Crippen LogP contribution in [0.15, 0.2) is 82.5 Å². The Hall–Kier alpha value is -4.30. The zero-order chi connectivity index (χ0) is 25.6. The number of Topliss-reactive ketones (excluding diaryl/α,β-unsaturated/α-hetero) is 1. The molecule has 1 aliphatic heterocycles. The number of hydrogen-bond donors (Lipinski definition) is 1. The van der Waals surface area contributed by atoms with E-state index in [1.54, 1.807) is 30.3 Å². The van der Waals surface area contributed by atoms with Crippen LogP contribution in [0.3, 0.4) is 0 Å². The molecule has 1 atom stereocenters. The van der Waals surface area contributed by atoms with Crippen LogP contribution in [-0.4, -0.2) is 31.0 Å². The number of aliphatic hydroxyl groups excluding tert-OH is 1. The molecule has 36 heavy (non-hydrogen) atoms. The van der Waals surface area contributed by atoms with E-state index in [9.17, 15) is 19.1 Å². The molecule has 4 aromatic rings. The smallest absolute Gasteiger partial charge is 0.294 e. The maximum Gasteiger partial charge on any atom is 0.294 e. The third-order valence-electron chi connectivity index (χ3n) is 6.00. The van der Waals surface area contributed by atoms with E-state index in [1.165, 1.54) is 55.5 Å². The molecule has 0 radical (unpaired) electrons. The number of aliphatic hydroxyl groups is 1. The number of anilines is 1. The Balaban J connectivity index is 1.66. The van der Waals surface area contributed by atoms with E-state index in [2.05, 4.69) is 0 Å². The number of carbonyl (C=O) groups excluding carboxylic acids is 2. The summed E-state index contributed by atoms with van der Waals surface area (Å²) >= 11 is 6.29. The van der Waals surface area contributed by atoms with Gasteiger partial charge in [-0.05, 0) is 48.0 Å². The number of ether oxygens (including phenoxy) is 2. The molecule has 0 fully saturated rings. The van der Waals surface area contributed by atoms with E-state index in [4.69, 9.17) is 25.5 Å². The van der Waals surface area contributed by atoms with Crippen LogP contribution in [0.4, 0.5) is 10.1 Å². The molecule has 7 nitrogen and oxygen atoms in total. The van der Waals surface area contributed by atoms with E-state index in [1.807, 2.05) is 0 Å². The first-order valence-electron chi connectivity index (χ1n) is 10.8. The first-order valence-corrected chi connectivity index (χ1v) is 11.2. The van der Waals surface area contributed by atoms with Crippen molar-refractivity contribution < 1.29 is 33.0 Å². The Labute approximate surface area is 209 Å². The summed E-state index contributed by atoms with van der Waals surface area (Å²) in [7, 11) is 2.93. The summed E-state index contributed by atoms with van der Waals surface area (Å²) in [6.07, 6.45) is 0. The zero-order valence-electron chi connectivity index (χ0n) is 19.1. The summed E-state index contributed by atoms with van der Waals surface area (Å²) in [5.74, 6) is -2.03. The fraction of sp³-hybridized carbons (Fsp3) is 0.111. The fourth-order valence-electron chi connectivity index (χ4n) is 4.31. The van der Waals surface area contributed by atoms with Gasteiger partial charge in [-0.3, -0.25) is 14.5 Å². The van der Waals surface area contributed by atoms with Gasteiger partial charge in [-0.2, -0.15) is 0 Å². The highest BCUT2D eigenvalue weighted by Gasteiger charge is 2.45. The van der Waals surface area contributed by atoms with Crippen LogP contribution in [0.1, 0.15) is 22.2 Å². The summed E-state index contributed by atoms with van der Waals surface area (Å²) in [6.45, 7) is 0. The summed E-state index contributed by atoms with van der Waals surface area (Å²) in [5.41, 5.74) is 0.847. The lowest BCUT2D eigenvalue weighted by Gasteiger charge is -2.27. The molecule has 0 spiro atoms. The predicted molar refractivity (Wildman–Crippen MR) is 131 cm³/mol. The predicted octanol–water partition coefficient (Wildman–Crippen LogP) is 6.03. The normalized spacial score (nSPS) is 15.6. The quantitative estimate of drug-likeness (QED) is 0.321. The summed E-state index contributed by atoms with van der Waals surface area (Å²) in [4.78, 5) is 28.2. The number of amides is 1. The molecular weight excluding hydrogens is 489 g/mol. The zero-order valence-corrected chi connectivity index (χ0v) is 19.9. The van der Waals surface area contributed by atoms with Crippen LogP contribution in [0.2, 0.25) is 5.02 Å². The molecule has 5 rings (SSSR count). The minimum Gasteiger partial charge on any atom is -0.503 e. The number of hydrogen-bond acceptors (Lipinski definition) is 6. The van der Waals surface area contributed by atoms with Gasteiger partial charge in [0.15, 0.2) is 22.9 Å². The molecule has 0 bridgehead atoms. The lowest BCUT2D eigenvalue weighted by molar-refractivity contribution is -0.117. The second-order valence-corrected chi connectivity index (χ2v) is 8.44. The van der Waals surface area contributed by atoms with E-state index < -0.39 is 29.3 Å². The number of methoxy groups -OCH3 is 2. The Morgan fingerprint density at radius 1 is 1.03 bits per heavy atom. The van der Waals surface area contributed by atoms with Gasteiger partial charge >= 0.3 is 0 Å². The molecular formula is C27H19ClFNO6. The molecule has 3 aromatic carbocycles. The number of nitrogens with zero attached hydrogens (tertiary/aromatic N) is 1. The number of benzene rings is 3. The van der Waals surface area contributed by atoms with Gasteiger partial charge in [-0.15, -0.1) is 0 Å². The fourth-order valence-corrected chi connectivity index (χ4v) is 4.56. The van der Waals surface area contributed by atoms with Crippen LogP contribution in [0.25, 0.3) is 11.0 Å². The van der Waals surface area contributed by atoms with E-state index in [0.29, 0.717) is 33.7 Å². The van der Waals surface area contributed by atoms with Crippen molar-refractivity contribution in [1.29, 1.82) is 0 Å². The van der Waals surface area contributed by atoms with Gasteiger partial charge in [-0.1, -0.05) is 35.9 Å². The molecule has 1 N–H and O–H groups in total. The average molecular weight is 508 g/mol. The van der Waals surface area contributed by atoms with Crippen LogP contribution in [0, 0.1) is 5.82 Å². The Morgan fingerprint density at radius 2 is 1.75 bits per heavy atom. The largest absolute Gasteiger partial charge is 0.503 e. The van der Waals surface area contributed by atoms with Crippen LogP contribution >= 0.6 is 11.6 Å². The second-order valence-electron chi connectivity index (χ2n) is 8.03. The molecule has 0 aliphatic carbocycles. The number of furan rings is 1. The molecule has 2 heterocycles.